The molecule has 2 rings (SSSR count). The Hall–Kier alpha value is -1.07. The Bertz CT molecular complexity index is 496. The molecule has 1 heterocycles. The predicted octanol–water partition coefficient (Wildman–Crippen LogP) is 2.26. The van der Waals surface area contributed by atoms with Crippen LogP contribution in [-0.2, 0) is 10.0 Å². The van der Waals surface area contributed by atoms with Crippen LogP contribution in [0.1, 0.15) is 37.8 Å². The van der Waals surface area contributed by atoms with E-state index in [9.17, 15) is 8.42 Å². The molecule has 2 unspecified atom stereocenters. The van der Waals surface area contributed by atoms with Crippen LogP contribution in [0.4, 0.5) is 5.69 Å². The average molecular weight is 268 g/mol. The zero-order chi connectivity index (χ0) is 13.2. The summed E-state index contributed by atoms with van der Waals surface area (Å²) in [4.78, 5) is 0. The molecule has 0 aliphatic carbocycles. The molecule has 1 fully saturated rings. The number of benzene rings is 1. The molecule has 1 saturated heterocycles. The number of piperidine rings is 1. The number of hydrogen-bond acceptors (Lipinski definition) is 3. The fourth-order valence-electron chi connectivity index (χ4n) is 2.40. The van der Waals surface area contributed by atoms with E-state index in [1.165, 1.54) is 18.4 Å². The second-order valence-electron chi connectivity index (χ2n) is 5.05. The Kier molecular flexibility index (Phi) is 3.92. The van der Waals surface area contributed by atoms with Gasteiger partial charge in [0, 0.05) is 17.8 Å². The van der Waals surface area contributed by atoms with Crippen LogP contribution in [0.5, 0.6) is 0 Å². The fraction of sp³-hybridized carbons (Fsp3) is 0.538. The van der Waals surface area contributed by atoms with Gasteiger partial charge in [0.15, 0.2) is 0 Å². The zero-order valence-corrected chi connectivity index (χ0v) is 11.6. The molecule has 1 aliphatic heterocycles. The SMILES string of the molecule is CC1CCCC(c2ccc(NS(C)(=O)=O)cc2)N1. The van der Waals surface area contributed by atoms with Gasteiger partial charge in [-0.1, -0.05) is 18.6 Å². The summed E-state index contributed by atoms with van der Waals surface area (Å²) in [6, 6.07) is 8.56. The standard InChI is InChI=1S/C13H20N2O2S/c1-10-4-3-5-13(14-10)11-6-8-12(9-7-11)15-18(2,16)17/h6-10,13-15H,3-5H2,1-2H3. The number of rotatable bonds is 3. The van der Waals surface area contributed by atoms with Crippen molar-refractivity contribution in [1.82, 2.24) is 5.32 Å². The first-order chi connectivity index (χ1) is 8.44. The van der Waals surface area contributed by atoms with Crippen LogP contribution >= 0.6 is 0 Å². The monoisotopic (exact) mass is 268 g/mol. The molecule has 0 spiro atoms. The maximum Gasteiger partial charge on any atom is 0.229 e. The molecule has 4 nitrogen and oxygen atoms in total. The highest BCUT2D eigenvalue weighted by Crippen LogP contribution is 2.26. The van der Waals surface area contributed by atoms with Gasteiger partial charge in [-0.15, -0.1) is 0 Å². The van der Waals surface area contributed by atoms with Gasteiger partial charge in [-0.05, 0) is 37.5 Å². The molecule has 1 aliphatic rings. The molecular formula is C13H20N2O2S. The van der Waals surface area contributed by atoms with Crippen molar-refractivity contribution >= 4 is 15.7 Å². The van der Waals surface area contributed by atoms with E-state index in [2.05, 4.69) is 17.0 Å². The second kappa shape index (κ2) is 5.28. The third kappa shape index (κ3) is 3.71. The largest absolute Gasteiger partial charge is 0.307 e. The van der Waals surface area contributed by atoms with Crippen molar-refractivity contribution < 1.29 is 8.42 Å². The minimum absolute atomic E-state index is 0.390. The first kappa shape index (κ1) is 13.4. The van der Waals surface area contributed by atoms with Crippen LogP contribution in [0.2, 0.25) is 0 Å². The smallest absolute Gasteiger partial charge is 0.229 e. The number of sulfonamides is 1. The summed E-state index contributed by atoms with van der Waals surface area (Å²) in [7, 11) is -3.19. The second-order valence-corrected chi connectivity index (χ2v) is 6.80. The first-order valence-corrected chi connectivity index (χ1v) is 8.17. The highest BCUT2D eigenvalue weighted by Gasteiger charge is 2.18. The molecule has 2 N–H and O–H groups in total. The van der Waals surface area contributed by atoms with Gasteiger partial charge in [-0.3, -0.25) is 4.72 Å². The summed E-state index contributed by atoms with van der Waals surface area (Å²) < 4.78 is 24.7. The van der Waals surface area contributed by atoms with Crippen molar-refractivity contribution in [3.8, 4) is 0 Å². The summed E-state index contributed by atoms with van der Waals surface area (Å²) in [6.07, 6.45) is 4.76. The van der Waals surface area contributed by atoms with Crippen molar-refractivity contribution in [3.63, 3.8) is 0 Å². The minimum Gasteiger partial charge on any atom is -0.307 e. The molecule has 0 aromatic heterocycles. The third-order valence-electron chi connectivity index (χ3n) is 3.23. The van der Waals surface area contributed by atoms with Crippen molar-refractivity contribution in [2.75, 3.05) is 11.0 Å². The predicted molar refractivity (Wildman–Crippen MR) is 74.1 cm³/mol. The maximum atomic E-state index is 11.1. The third-order valence-corrected chi connectivity index (χ3v) is 3.84. The van der Waals surface area contributed by atoms with E-state index in [4.69, 9.17) is 0 Å². The maximum absolute atomic E-state index is 11.1. The van der Waals surface area contributed by atoms with E-state index in [1.54, 1.807) is 0 Å². The van der Waals surface area contributed by atoms with E-state index < -0.39 is 10.0 Å². The molecule has 0 amide bonds. The lowest BCUT2D eigenvalue weighted by atomic mass is 9.94. The molecule has 0 radical (unpaired) electrons. The van der Waals surface area contributed by atoms with E-state index in [-0.39, 0.29) is 0 Å². The molecule has 0 bridgehead atoms. The van der Waals surface area contributed by atoms with E-state index in [0.29, 0.717) is 17.8 Å². The van der Waals surface area contributed by atoms with Crippen molar-refractivity contribution in [2.45, 2.75) is 38.3 Å². The van der Waals surface area contributed by atoms with Gasteiger partial charge in [0.2, 0.25) is 10.0 Å². The summed E-state index contributed by atoms with van der Waals surface area (Å²) in [6.45, 7) is 2.20. The van der Waals surface area contributed by atoms with Crippen molar-refractivity contribution in [2.24, 2.45) is 0 Å². The minimum atomic E-state index is -3.19. The molecule has 100 valence electrons. The van der Waals surface area contributed by atoms with Crippen LogP contribution in [0.3, 0.4) is 0 Å². The zero-order valence-electron chi connectivity index (χ0n) is 10.8. The topological polar surface area (TPSA) is 58.2 Å². The molecule has 2 atom stereocenters. The first-order valence-electron chi connectivity index (χ1n) is 6.28. The molecule has 18 heavy (non-hydrogen) atoms. The summed E-state index contributed by atoms with van der Waals surface area (Å²) in [5.41, 5.74) is 1.84. The van der Waals surface area contributed by atoms with Gasteiger partial charge in [-0.25, -0.2) is 8.42 Å². The van der Waals surface area contributed by atoms with E-state index >= 15 is 0 Å². The fourth-order valence-corrected chi connectivity index (χ4v) is 2.96. The summed E-state index contributed by atoms with van der Waals surface area (Å²) >= 11 is 0. The number of nitrogens with one attached hydrogen (secondary N) is 2. The quantitative estimate of drug-likeness (QED) is 0.884. The average Bonchev–Trinajstić information content (AvgIpc) is 2.28. The highest BCUT2D eigenvalue weighted by atomic mass is 32.2. The molecule has 5 heteroatoms. The highest BCUT2D eigenvalue weighted by molar-refractivity contribution is 7.92. The van der Waals surface area contributed by atoms with Crippen molar-refractivity contribution in [3.05, 3.63) is 29.8 Å². The van der Waals surface area contributed by atoms with Crippen LogP contribution < -0.4 is 10.0 Å². The van der Waals surface area contributed by atoms with Gasteiger partial charge in [-0.2, -0.15) is 0 Å². The number of anilines is 1. The van der Waals surface area contributed by atoms with E-state index in [1.807, 2.05) is 24.3 Å². The Morgan fingerprint density at radius 3 is 2.44 bits per heavy atom. The Labute approximate surface area is 109 Å². The van der Waals surface area contributed by atoms with Gasteiger partial charge >= 0.3 is 0 Å². The Morgan fingerprint density at radius 2 is 1.89 bits per heavy atom. The molecule has 1 aromatic rings. The molecule has 1 aromatic carbocycles. The Morgan fingerprint density at radius 1 is 1.22 bits per heavy atom. The van der Waals surface area contributed by atoms with Gasteiger partial charge in [0.25, 0.3) is 0 Å². The van der Waals surface area contributed by atoms with E-state index in [0.717, 1.165) is 12.7 Å². The van der Waals surface area contributed by atoms with Gasteiger partial charge in [0.05, 0.1) is 6.26 Å². The van der Waals surface area contributed by atoms with Crippen LogP contribution in [0.25, 0.3) is 0 Å². The lowest BCUT2D eigenvalue weighted by molar-refractivity contribution is 0.341. The van der Waals surface area contributed by atoms with Crippen LogP contribution in [-0.4, -0.2) is 20.7 Å². The Balaban J connectivity index is 2.07. The lowest BCUT2D eigenvalue weighted by Gasteiger charge is -2.29. The van der Waals surface area contributed by atoms with Crippen LogP contribution in [0.15, 0.2) is 24.3 Å². The van der Waals surface area contributed by atoms with Gasteiger partial charge in [0.1, 0.15) is 0 Å². The normalized spacial score (nSPS) is 24.8. The number of hydrogen-bond donors (Lipinski definition) is 2. The molecular weight excluding hydrogens is 248 g/mol. The summed E-state index contributed by atoms with van der Waals surface area (Å²) in [5.74, 6) is 0. The summed E-state index contributed by atoms with van der Waals surface area (Å²) in [5, 5.41) is 3.56. The van der Waals surface area contributed by atoms with Gasteiger partial charge < -0.3 is 5.32 Å². The lowest BCUT2D eigenvalue weighted by Crippen LogP contribution is -2.34. The molecule has 0 saturated carbocycles. The van der Waals surface area contributed by atoms with Crippen LogP contribution in [0, 0.1) is 0 Å². The van der Waals surface area contributed by atoms with Crippen molar-refractivity contribution in [1.29, 1.82) is 0 Å².